The van der Waals surface area contributed by atoms with Crippen LogP contribution in [0.3, 0.4) is 0 Å². The fourth-order valence-electron chi connectivity index (χ4n) is 5.40. The van der Waals surface area contributed by atoms with E-state index in [0.29, 0.717) is 44.5 Å². The molecular formula is C29H34F2N2O4. The summed E-state index contributed by atoms with van der Waals surface area (Å²) in [7, 11) is 1.59. The lowest BCUT2D eigenvalue weighted by Gasteiger charge is -2.37. The number of benzene rings is 2. The highest BCUT2D eigenvalue weighted by Crippen LogP contribution is 2.34. The number of aliphatic hydroxyl groups excluding tert-OH is 1. The zero-order valence-corrected chi connectivity index (χ0v) is 21.1. The van der Waals surface area contributed by atoms with E-state index in [-0.39, 0.29) is 11.5 Å². The van der Waals surface area contributed by atoms with E-state index in [0.717, 1.165) is 35.9 Å². The third-order valence-corrected chi connectivity index (χ3v) is 7.52. The summed E-state index contributed by atoms with van der Waals surface area (Å²) >= 11 is 0. The quantitative estimate of drug-likeness (QED) is 0.336. The number of aliphatic carboxylic acids is 1. The van der Waals surface area contributed by atoms with Gasteiger partial charge in [0.1, 0.15) is 17.4 Å². The molecule has 1 aliphatic rings. The van der Waals surface area contributed by atoms with Gasteiger partial charge in [-0.25, -0.2) is 8.78 Å². The highest BCUT2D eigenvalue weighted by atomic mass is 19.1. The molecule has 4 rings (SSSR count). The van der Waals surface area contributed by atoms with Crippen molar-refractivity contribution in [1.82, 2.24) is 9.88 Å². The molecule has 3 aromatic rings. The number of hydrogen-bond acceptors (Lipinski definition) is 5. The molecule has 2 aromatic carbocycles. The van der Waals surface area contributed by atoms with Crippen LogP contribution in [0.4, 0.5) is 8.78 Å². The van der Waals surface area contributed by atoms with Crippen molar-refractivity contribution in [1.29, 1.82) is 0 Å². The molecule has 2 heterocycles. The number of fused-ring (bicyclic) bond motifs is 1. The standard InChI is InChI=1S/C29H34F2N2O4/c1-37-20-9-10-27-23(17-20)21(12-14-32-27)28(34)11-8-19-13-16-33(18-24(19)29(35)36)15-3-2-5-22-25(30)6-4-7-26(22)31/h4,6-7,9-10,12,14,17,19,24,28,34H,2-3,5,8,11,13,15-16,18H2,1H3,(H,35,36)/t19-,24+,28-/m1/s1. The summed E-state index contributed by atoms with van der Waals surface area (Å²) in [4.78, 5) is 18.6. The number of nitrogens with zero attached hydrogens (tertiary/aromatic N) is 2. The summed E-state index contributed by atoms with van der Waals surface area (Å²) < 4.78 is 33.0. The number of rotatable bonds is 11. The van der Waals surface area contributed by atoms with Gasteiger partial charge < -0.3 is 19.8 Å². The molecule has 0 bridgehead atoms. The third kappa shape index (κ3) is 6.62. The third-order valence-electron chi connectivity index (χ3n) is 7.52. The Morgan fingerprint density at radius 3 is 2.70 bits per heavy atom. The molecule has 8 heteroatoms. The summed E-state index contributed by atoms with van der Waals surface area (Å²) in [6.07, 6.45) is 4.43. The number of ether oxygens (including phenoxy) is 1. The number of unbranched alkanes of at least 4 members (excludes halogenated alkanes) is 1. The van der Waals surface area contributed by atoms with Crippen molar-refractivity contribution >= 4 is 16.9 Å². The molecule has 198 valence electrons. The van der Waals surface area contributed by atoms with Gasteiger partial charge in [0.15, 0.2) is 0 Å². The topological polar surface area (TPSA) is 82.9 Å². The van der Waals surface area contributed by atoms with Crippen LogP contribution in [0.2, 0.25) is 0 Å². The average Bonchev–Trinajstić information content (AvgIpc) is 2.90. The second-order valence-corrected chi connectivity index (χ2v) is 9.83. The molecule has 0 saturated carbocycles. The maximum Gasteiger partial charge on any atom is 0.308 e. The van der Waals surface area contributed by atoms with Crippen molar-refractivity contribution in [3.63, 3.8) is 0 Å². The minimum atomic E-state index is -0.822. The number of piperidine rings is 1. The molecule has 0 aliphatic carbocycles. The van der Waals surface area contributed by atoms with Gasteiger partial charge in [0.05, 0.1) is 24.6 Å². The summed E-state index contributed by atoms with van der Waals surface area (Å²) in [6, 6.07) is 11.2. The van der Waals surface area contributed by atoms with Crippen LogP contribution >= 0.6 is 0 Å². The monoisotopic (exact) mass is 512 g/mol. The second-order valence-electron chi connectivity index (χ2n) is 9.83. The molecule has 0 radical (unpaired) electrons. The summed E-state index contributed by atoms with van der Waals surface area (Å²) in [5.74, 6) is -1.72. The fraction of sp³-hybridized carbons (Fsp3) is 0.448. The van der Waals surface area contributed by atoms with Gasteiger partial charge in [-0.05, 0) is 99.5 Å². The predicted molar refractivity (Wildman–Crippen MR) is 137 cm³/mol. The highest BCUT2D eigenvalue weighted by molar-refractivity contribution is 5.83. The van der Waals surface area contributed by atoms with Crippen LogP contribution in [-0.4, -0.2) is 52.8 Å². The van der Waals surface area contributed by atoms with Gasteiger partial charge >= 0.3 is 5.97 Å². The average molecular weight is 513 g/mol. The molecule has 3 atom stereocenters. The Labute approximate surface area is 215 Å². The number of likely N-dealkylation sites (tertiary alicyclic amines) is 1. The van der Waals surface area contributed by atoms with Crippen LogP contribution in [-0.2, 0) is 11.2 Å². The molecule has 2 N–H and O–H groups in total. The van der Waals surface area contributed by atoms with Crippen molar-refractivity contribution in [2.24, 2.45) is 11.8 Å². The van der Waals surface area contributed by atoms with Gasteiger partial charge in [0, 0.05) is 23.7 Å². The number of carboxylic acids is 1. The Morgan fingerprint density at radius 2 is 1.97 bits per heavy atom. The van der Waals surface area contributed by atoms with Crippen LogP contribution in [0.25, 0.3) is 10.9 Å². The van der Waals surface area contributed by atoms with E-state index in [1.807, 2.05) is 18.2 Å². The maximum absolute atomic E-state index is 13.8. The molecule has 0 unspecified atom stereocenters. The van der Waals surface area contributed by atoms with E-state index in [1.54, 1.807) is 19.4 Å². The number of halogens is 2. The summed E-state index contributed by atoms with van der Waals surface area (Å²) in [5.41, 5.74) is 1.65. The van der Waals surface area contributed by atoms with E-state index in [9.17, 15) is 23.8 Å². The van der Waals surface area contributed by atoms with Crippen molar-refractivity contribution in [3.8, 4) is 5.75 Å². The van der Waals surface area contributed by atoms with E-state index >= 15 is 0 Å². The van der Waals surface area contributed by atoms with Gasteiger partial charge in [-0.1, -0.05) is 6.07 Å². The van der Waals surface area contributed by atoms with E-state index in [1.165, 1.54) is 18.2 Å². The highest BCUT2D eigenvalue weighted by Gasteiger charge is 2.34. The molecule has 1 saturated heterocycles. The van der Waals surface area contributed by atoms with E-state index < -0.39 is 29.6 Å². The maximum atomic E-state index is 13.8. The lowest BCUT2D eigenvalue weighted by Crippen LogP contribution is -2.44. The first-order valence-electron chi connectivity index (χ1n) is 12.9. The van der Waals surface area contributed by atoms with Gasteiger partial charge in [-0.15, -0.1) is 0 Å². The van der Waals surface area contributed by atoms with E-state index in [2.05, 4.69) is 9.88 Å². The predicted octanol–water partition coefficient (Wildman–Crippen LogP) is 5.38. The minimum Gasteiger partial charge on any atom is -0.497 e. The molecule has 1 aliphatic heterocycles. The first kappa shape index (κ1) is 26.9. The number of hydrogen-bond donors (Lipinski definition) is 2. The van der Waals surface area contributed by atoms with Crippen LogP contribution in [0.5, 0.6) is 5.75 Å². The first-order chi connectivity index (χ1) is 17.9. The van der Waals surface area contributed by atoms with Crippen LogP contribution in [0.15, 0.2) is 48.7 Å². The fourth-order valence-corrected chi connectivity index (χ4v) is 5.40. The number of pyridine rings is 1. The molecule has 0 spiro atoms. The van der Waals surface area contributed by atoms with Crippen molar-refractivity contribution in [2.45, 2.75) is 44.6 Å². The van der Waals surface area contributed by atoms with Crippen molar-refractivity contribution in [3.05, 3.63) is 71.4 Å². The zero-order valence-electron chi connectivity index (χ0n) is 21.1. The number of aromatic nitrogens is 1. The SMILES string of the molecule is COc1ccc2nccc([C@H](O)CC[C@@H]3CCN(CCCCc4c(F)cccc4F)C[C@@H]3C(=O)O)c2c1. The Hall–Kier alpha value is -3.10. The van der Waals surface area contributed by atoms with E-state index in [4.69, 9.17) is 4.74 Å². The zero-order chi connectivity index (χ0) is 26.4. The van der Waals surface area contributed by atoms with Crippen molar-refractivity contribution < 1.29 is 28.5 Å². The smallest absolute Gasteiger partial charge is 0.308 e. The van der Waals surface area contributed by atoms with Crippen LogP contribution < -0.4 is 4.74 Å². The van der Waals surface area contributed by atoms with Gasteiger partial charge in [-0.2, -0.15) is 0 Å². The minimum absolute atomic E-state index is 0.0291. The Balaban J connectivity index is 1.30. The Kier molecular flexibility index (Phi) is 9.05. The molecule has 1 aromatic heterocycles. The Bertz CT molecular complexity index is 1200. The van der Waals surface area contributed by atoms with Crippen molar-refractivity contribution in [2.75, 3.05) is 26.7 Å². The summed E-state index contributed by atoms with van der Waals surface area (Å²) in [6.45, 7) is 1.91. The number of carboxylic acid groups (broad SMARTS) is 1. The summed E-state index contributed by atoms with van der Waals surface area (Å²) in [5, 5.41) is 21.7. The molecule has 0 amide bonds. The van der Waals surface area contributed by atoms with Gasteiger partial charge in [0.25, 0.3) is 0 Å². The second kappa shape index (κ2) is 12.4. The number of methoxy groups -OCH3 is 1. The van der Waals surface area contributed by atoms with Crippen LogP contribution in [0, 0.1) is 23.5 Å². The Morgan fingerprint density at radius 1 is 1.19 bits per heavy atom. The largest absolute Gasteiger partial charge is 0.497 e. The first-order valence-corrected chi connectivity index (χ1v) is 12.9. The molecular weight excluding hydrogens is 478 g/mol. The van der Waals surface area contributed by atoms with Gasteiger partial charge in [0.2, 0.25) is 0 Å². The van der Waals surface area contributed by atoms with Crippen LogP contribution in [0.1, 0.15) is 49.3 Å². The lowest BCUT2D eigenvalue weighted by atomic mass is 9.81. The number of carbonyl (C=O) groups is 1. The van der Waals surface area contributed by atoms with Gasteiger partial charge in [-0.3, -0.25) is 9.78 Å². The normalized spacial score (nSPS) is 19.1. The molecule has 6 nitrogen and oxygen atoms in total. The number of aliphatic hydroxyl groups is 1. The molecule has 37 heavy (non-hydrogen) atoms. The molecule has 1 fully saturated rings. The lowest BCUT2D eigenvalue weighted by molar-refractivity contribution is -0.146.